The fourth-order valence-electron chi connectivity index (χ4n) is 2.04. The first-order valence-corrected chi connectivity index (χ1v) is 5.78. The standard InChI is InChI=1S/C12H10Si/c1-3-7-11-9(5-1)10-6-2-4-8-12(10)13-11/h1-5,7-8,13H,6H2. The van der Waals surface area contributed by atoms with E-state index in [1.807, 2.05) is 0 Å². The molecule has 0 saturated carbocycles. The summed E-state index contributed by atoms with van der Waals surface area (Å²) >= 11 is 0. The van der Waals surface area contributed by atoms with E-state index in [0.29, 0.717) is 9.13 Å². The monoisotopic (exact) mass is 182 g/mol. The molecule has 0 spiro atoms. The van der Waals surface area contributed by atoms with E-state index in [1.165, 1.54) is 5.22 Å². The lowest BCUT2D eigenvalue weighted by atomic mass is 10.0. The maximum absolute atomic E-state index is 2.29. The van der Waals surface area contributed by atoms with Gasteiger partial charge in [-0.15, -0.1) is 0 Å². The Morgan fingerprint density at radius 2 is 2.08 bits per heavy atom. The van der Waals surface area contributed by atoms with Crippen molar-refractivity contribution in [3.05, 3.63) is 57.7 Å². The summed E-state index contributed by atoms with van der Waals surface area (Å²) in [5.41, 5.74) is 1.58. The van der Waals surface area contributed by atoms with Gasteiger partial charge in [-0.2, -0.15) is 0 Å². The summed E-state index contributed by atoms with van der Waals surface area (Å²) < 4.78 is 0. The Bertz CT molecular complexity index is 532. The van der Waals surface area contributed by atoms with Crippen molar-refractivity contribution in [2.45, 2.75) is 6.42 Å². The van der Waals surface area contributed by atoms with E-state index in [2.05, 4.69) is 42.5 Å². The molecule has 0 unspecified atom stereocenters. The molecule has 0 amide bonds. The minimum absolute atomic E-state index is 0.377. The predicted molar refractivity (Wildman–Crippen MR) is 57.3 cm³/mol. The second-order valence-electron chi connectivity index (χ2n) is 3.46. The zero-order valence-corrected chi connectivity index (χ0v) is 8.48. The van der Waals surface area contributed by atoms with Crippen molar-refractivity contribution in [1.29, 1.82) is 0 Å². The number of rotatable bonds is 0. The highest BCUT2D eigenvalue weighted by Crippen LogP contribution is 2.20. The van der Waals surface area contributed by atoms with E-state index >= 15 is 0 Å². The largest absolute Gasteiger partial charge is 0.0801 e. The Kier molecular flexibility index (Phi) is 1.46. The van der Waals surface area contributed by atoms with Gasteiger partial charge in [0, 0.05) is 9.13 Å². The van der Waals surface area contributed by atoms with Crippen molar-refractivity contribution in [2.24, 2.45) is 0 Å². The second-order valence-corrected chi connectivity index (χ2v) is 5.00. The van der Waals surface area contributed by atoms with Gasteiger partial charge < -0.3 is 0 Å². The average Bonchev–Trinajstić information content (AvgIpc) is 2.56. The number of hydrogen-bond donors (Lipinski definition) is 0. The molecule has 2 aliphatic rings. The van der Waals surface area contributed by atoms with Crippen molar-refractivity contribution in [2.75, 3.05) is 0 Å². The topological polar surface area (TPSA) is 0 Å². The third-order valence-electron chi connectivity index (χ3n) is 2.68. The minimum atomic E-state index is 0.377. The molecule has 3 rings (SSSR count). The lowest BCUT2D eigenvalue weighted by Gasteiger charge is -2.04. The van der Waals surface area contributed by atoms with Crippen LogP contribution < -0.4 is 5.22 Å². The van der Waals surface area contributed by atoms with Crippen LogP contribution in [0.4, 0.5) is 0 Å². The van der Waals surface area contributed by atoms with Crippen LogP contribution in [-0.2, 0) is 0 Å². The first-order chi connectivity index (χ1) is 6.45. The number of hydrogen-bond acceptors (Lipinski definition) is 0. The third kappa shape index (κ3) is 1.01. The smallest absolute Gasteiger partial charge is 0.0397 e. The van der Waals surface area contributed by atoms with Gasteiger partial charge in [-0.3, -0.25) is 0 Å². The molecule has 62 valence electrons. The van der Waals surface area contributed by atoms with Crippen molar-refractivity contribution in [1.82, 2.24) is 0 Å². The SMILES string of the molecule is C1=CCC2=c3ccccc3=[SiH]C2=C1. The molecule has 0 radical (unpaired) electrons. The maximum Gasteiger partial charge on any atom is 0.0397 e. The summed E-state index contributed by atoms with van der Waals surface area (Å²) in [5.74, 6) is 0. The van der Waals surface area contributed by atoms with E-state index in [9.17, 15) is 0 Å². The normalized spacial score (nSPS) is 17.5. The molecule has 0 N–H and O–H groups in total. The molecule has 0 fully saturated rings. The Morgan fingerprint density at radius 1 is 1.15 bits per heavy atom. The molecule has 13 heavy (non-hydrogen) atoms. The lowest BCUT2D eigenvalue weighted by molar-refractivity contribution is 1.36. The fourth-order valence-corrected chi connectivity index (χ4v) is 3.67. The van der Waals surface area contributed by atoms with Crippen LogP contribution in [0.1, 0.15) is 6.42 Å². The molecule has 1 aromatic rings. The second kappa shape index (κ2) is 2.64. The first kappa shape index (κ1) is 7.22. The zero-order chi connectivity index (χ0) is 8.67. The van der Waals surface area contributed by atoms with Gasteiger partial charge in [-0.05, 0) is 27.2 Å². The molecule has 0 atom stereocenters. The van der Waals surface area contributed by atoms with Gasteiger partial charge in [0.05, 0.1) is 0 Å². The third-order valence-corrected chi connectivity index (χ3v) is 4.35. The molecular weight excluding hydrogens is 172 g/mol. The van der Waals surface area contributed by atoms with Crippen molar-refractivity contribution < 1.29 is 0 Å². The van der Waals surface area contributed by atoms with Gasteiger partial charge in [0.1, 0.15) is 0 Å². The van der Waals surface area contributed by atoms with Crippen LogP contribution in [0.2, 0.25) is 0 Å². The van der Waals surface area contributed by atoms with Crippen LogP contribution in [0.3, 0.4) is 0 Å². The minimum Gasteiger partial charge on any atom is -0.0801 e. The average molecular weight is 182 g/mol. The van der Waals surface area contributed by atoms with Crippen LogP contribution in [0.5, 0.6) is 0 Å². The van der Waals surface area contributed by atoms with Crippen LogP contribution in [0.25, 0.3) is 5.57 Å². The highest BCUT2D eigenvalue weighted by atomic mass is 28.2. The van der Waals surface area contributed by atoms with Crippen LogP contribution in [0.15, 0.2) is 47.7 Å². The Balaban J connectivity index is 2.46. The molecular formula is C12H10Si. The molecule has 0 nitrogen and oxygen atoms in total. The highest BCUT2D eigenvalue weighted by molar-refractivity contribution is 6.44. The van der Waals surface area contributed by atoms with Crippen LogP contribution in [-0.4, -0.2) is 9.13 Å². The fraction of sp³-hybridized carbons (Fsp3) is 0.0833. The zero-order valence-electron chi connectivity index (χ0n) is 7.33. The lowest BCUT2D eigenvalue weighted by Crippen LogP contribution is -2.03. The molecule has 1 aliphatic carbocycles. The Hall–Kier alpha value is -1.21. The summed E-state index contributed by atoms with van der Waals surface area (Å²) in [6.07, 6.45) is 7.86. The number of fused-ring (bicyclic) bond motifs is 2. The molecule has 0 bridgehead atoms. The molecule has 0 saturated heterocycles. The van der Waals surface area contributed by atoms with E-state index in [0.717, 1.165) is 6.42 Å². The number of benzene rings is 1. The van der Waals surface area contributed by atoms with Gasteiger partial charge in [0.25, 0.3) is 0 Å². The van der Waals surface area contributed by atoms with E-state index in [1.54, 1.807) is 15.6 Å². The van der Waals surface area contributed by atoms with E-state index < -0.39 is 0 Å². The molecule has 1 aliphatic heterocycles. The summed E-state index contributed by atoms with van der Waals surface area (Å²) in [6, 6.07) is 8.83. The van der Waals surface area contributed by atoms with Crippen LogP contribution >= 0.6 is 0 Å². The summed E-state index contributed by atoms with van der Waals surface area (Å²) in [7, 11) is 0.377. The summed E-state index contributed by atoms with van der Waals surface area (Å²) in [4.78, 5) is 1.58. The van der Waals surface area contributed by atoms with Crippen LogP contribution in [0, 0.1) is 4.81 Å². The van der Waals surface area contributed by atoms with Crippen molar-refractivity contribution in [3.63, 3.8) is 0 Å². The summed E-state index contributed by atoms with van der Waals surface area (Å²) in [6.45, 7) is 0. The van der Waals surface area contributed by atoms with E-state index in [4.69, 9.17) is 0 Å². The predicted octanol–water partition coefficient (Wildman–Crippen LogP) is 1.38. The number of allylic oxidation sites excluding steroid dienone is 4. The van der Waals surface area contributed by atoms with Gasteiger partial charge in [0.2, 0.25) is 0 Å². The maximum atomic E-state index is 2.29. The van der Waals surface area contributed by atoms with Gasteiger partial charge in [0.15, 0.2) is 0 Å². The first-order valence-electron chi connectivity index (χ1n) is 4.62. The van der Waals surface area contributed by atoms with Gasteiger partial charge in [-0.1, -0.05) is 42.5 Å². The Morgan fingerprint density at radius 3 is 3.08 bits per heavy atom. The molecule has 1 heteroatoms. The van der Waals surface area contributed by atoms with Gasteiger partial charge >= 0.3 is 0 Å². The molecule has 1 aromatic carbocycles. The molecule has 1 heterocycles. The highest BCUT2D eigenvalue weighted by Gasteiger charge is 2.10. The van der Waals surface area contributed by atoms with Gasteiger partial charge in [-0.25, -0.2) is 0 Å². The van der Waals surface area contributed by atoms with Crippen molar-refractivity contribution in [3.8, 4) is 0 Å². The quantitative estimate of drug-likeness (QED) is 0.532. The van der Waals surface area contributed by atoms with E-state index in [-0.39, 0.29) is 0 Å². The molecule has 0 aromatic heterocycles. The Labute approximate surface area is 79.4 Å². The summed E-state index contributed by atoms with van der Waals surface area (Å²) in [5, 5.41) is 3.11. The van der Waals surface area contributed by atoms with Crippen molar-refractivity contribution >= 4 is 14.7 Å².